The van der Waals surface area contributed by atoms with Crippen molar-refractivity contribution in [2.45, 2.75) is 110 Å². The zero-order chi connectivity index (χ0) is 54.6. The molecule has 2 saturated heterocycles. The van der Waals surface area contributed by atoms with Crippen molar-refractivity contribution >= 4 is 52.6 Å². The molecule has 6 bridgehead atoms. The number of aromatic nitrogens is 1. The molecule has 76 heavy (non-hydrogen) atoms. The number of rotatable bonds is 15. The molecule has 0 radical (unpaired) electrons. The molecule has 4 atom stereocenters. The third-order valence-electron chi connectivity index (χ3n) is 15.4. The highest BCUT2D eigenvalue weighted by atomic mass is 16.6. The molecule has 8 rings (SSSR count). The van der Waals surface area contributed by atoms with E-state index in [9.17, 15) is 29.1 Å². The number of amides is 5. The number of methoxy groups -OCH3 is 1. The molecule has 4 aromatic rings. The number of benzene rings is 3. The van der Waals surface area contributed by atoms with Gasteiger partial charge in [0.2, 0.25) is 17.7 Å². The second kappa shape index (κ2) is 23.1. The zero-order valence-electron chi connectivity index (χ0n) is 44.9. The number of hydrogen-bond acceptors (Lipinski definition) is 11. The Kier molecular flexibility index (Phi) is 16.7. The van der Waals surface area contributed by atoms with E-state index in [2.05, 4.69) is 72.2 Å². The van der Waals surface area contributed by atoms with Crippen LogP contribution in [0, 0.1) is 23.2 Å². The highest BCUT2D eigenvalue weighted by Gasteiger charge is 2.55. The van der Waals surface area contributed by atoms with Gasteiger partial charge in [-0.3, -0.25) is 33.8 Å². The number of nitrogens with zero attached hydrogens (tertiary/aromatic N) is 4. The van der Waals surface area contributed by atoms with E-state index in [0.29, 0.717) is 75.8 Å². The molecule has 3 aliphatic heterocycles. The normalized spacial score (nSPS) is 21.1. The molecular formula is C58H73N7O11. The van der Waals surface area contributed by atoms with Crippen LogP contribution >= 0.6 is 0 Å². The Morgan fingerprint density at radius 2 is 1.75 bits per heavy atom. The lowest BCUT2D eigenvalue weighted by molar-refractivity contribution is -0.158. The van der Waals surface area contributed by atoms with Gasteiger partial charge in [-0.05, 0) is 122 Å². The highest BCUT2D eigenvalue weighted by Crippen LogP contribution is 2.45. The van der Waals surface area contributed by atoms with Gasteiger partial charge in [-0.25, -0.2) is 10.2 Å². The summed E-state index contributed by atoms with van der Waals surface area (Å²) in [4.78, 5) is 99.8. The number of hydrogen-bond donors (Lipinski definition) is 4. The summed E-state index contributed by atoms with van der Waals surface area (Å²) in [6, 6.07) is 17.8. The summed E-state index contributed by atoms with van der Waals surface area (Å²) in [5.41, 5.74) is 8.08. The van der Waals surface area contributed by atoms with Gasteiger partial charge in [0.15, 0.2) is 0 Å². The maximum atomic E-state index is 15.8. The number of likely N-dealkylation sites (tertiary alicyclic amines) is 1. The first-order chi connectivity index (χ1) is 36.3. The number of nitrogens with one attached hydrogen (secondary N) is 3. The summed E-state index contributed by atoms with van der Waals surface area (Å²) in [6.45, 7) is 14.8. The van der Waals surface area contributed by atoms with Crippen molar-refractivity contribution in [3.63, 3.8) is 0 Å². The smallest absolute Gasteiger partial charge is 0.413 e. The van der Waals surface area contributed by atoms with Crippen LogP contribution in [0.1, 0.15) is 83.4 Å². The van der Waals surface area contributed by atoms with Gasteiger partial charge in [0.1, 0.15) is 29.9 Å². The number of carbonyl (C=O) groups is 7. The van der Waals surface area contributed by atoms with E-state index in [1.807, 2.05) is 38.1 Å². The molecule has 1 saturated carbocycles. The van der Waals surface area contributed by atoms with Gasteiger partial charge < -0.3 is 44.3 Å². The zero-order valence-corrected chi connectivity index (χ0v) is 44.9. The molecule has 4 aliphatic rings. The van der Waals surface area contributed by atoms with Crippen LogP contribution in [0.4, 0.5) is 4.79 Å². The first kappa shape index (κ1) is 55.2. The minimum atomic E-state index is -1.66. The van der Waals surface area contributed by atoms with Crippen molar-refractivity contribution < 1.29 is 52.9 Å². The number of cyclic esters (lactones) is 1. The summed E-state index contributed by atoms with van der Waals surface area (Å²) >= 11 is 0. The molecule has 18 heteroatoms. The fourth-order valence-electron chi connectivity index (χ4n) is 11.5. The van der Waals surface area contributed by atoms with E-state index in [-0.39, 0.29) is 43.7 Å². The number of likely N-dealkylation sites (N-methyl/N-ethyl adjacent to an activating group) is 1. The van der Waals surface area contributed by atoms with Crippen molar-refractivity contribution in [1.29, 1.82) is 0 Å². The lowest BCUT2D eigenvalue weighted by atomic mass is 9.82. The minimum Gasteiger partial charge on any atom is -0.480 e. The van der Waals surface area contributed by atoms with Crippen LogP contribution in [-0.2, 0) is 64.0 Å². The molecule has 3 aromatic carbocycles. The number of carbonyl (C=O) groups excluding carboxylic acids is 6. The van der Waals surface area contributed by atoms with Crippen LogP contribution in [0.2, 0.25) is 0 Å². The first-order valence-electron chi connectivity index (χ1n) is 26.6. The maximum Gasteiger partial charge on any atom is 0.413 e. The third kappa shape index (κ3) is 11.8. The number of aryl methyl sites for hydroxylation is 1. The second-order valence-electron chi connectivity index (χ2n) is 22.0. The van der Waals surface area contributed by atoms with Gasteiger partial charge >= 0.3 is 18.0 Å². The summed E-state index contributed by atoms with van der Waals surface area (Å²) in [6.07, 6.45) is 3.72. The van der Waals surface area contributed by atoms with Crippen LogP contribution in [0.3, 0.4) is 0 Å². The van der Waals surface area contributed by atoms with Gasteiger partial charge in [-0.15, -0.1) is 0 Å². The number of carboxylic acids is 1. The third-order valence-corrected chi connectivity index (χ3v) is 15.4. The molecule has 5 amide bonds. The van der Waals surface area contributed by atoms with Crippen molar-refractivity contribution in [1.82, 2.24) is 35.4 Å². The lowest BCUT2D eigenvalue weighted by Gasteiger charge is -2.43. The average Bonchev–Trinajstić information content (AvgIpc) is 4.08. The molecule has 406 valence electrons. The van der Waals surface area contributed by atoms with Crippen molar-refractivity contribution in [2.24, 2.45) is 23.2 Å². The van der Waals surface area contributed by atoms with Crippen molar-refractivity contribution in [3.8, 4) is 28.1 Å². The van der Waals surface area contributed by atoms with E-state index in [1.165, 1.54) is 16.0 Å². The predicted octanol–water partition coefficient (Wildman–Crippen LogP) is 6.30. The van der Waals surface area contributed by atoms with E-state index in [4.69, 9.17) is 14.2 Å². The number of hydrazine groups is 1. The Morgan fingerprint density at radius 1 is 0.987 bits per heavy atom. The van der Waals surface area contributed by atoms with E-state index in [0.717, 1.165) is 38.9 Å². The van der Waals surface area contributed by atoms with E-state index < -0.39 is 77.2 Å². The van der Waals surface area contributed by atoms with E-state index >= 15 is 9.59 Å². The van der Waals surface area contributed by atoms with Gasteiger partial charge in [0.05, 0.1) is 24.8 Å². The molecular weight excluding hydrogens is 971 g/mol. The molecule has 4 N–H and O–H groups in total. The topological polar surface area (TPSA) is 218 Å². The quantitative estimate of drug-likeness (QED) is 0.0762. The largest absolute Gasteiger partial charge is 0.480 e. The number of esters is 1. The molecule has 3 fully saturated rings. The summed E-state index contributed by atoms with van der Waals surface area (Å²) in [7, 11) is 3.26. The summed E-state index contributed by atoms with van der Waals surface area (Å²) < 4.78 is 19.9. The van der Waals surface area contributed by atoms with Gasteiger partial charge in [0, 0.05) is 68.6 Å². The summed E-state index contributed by atoms with van der Waals surface area (Å²) in [5, 5.41) is 17.3. The Bertz CT molecular complexity index is 2910. The van der Waals surface area contributed by atoms with Crippen LogP contribution < -0.4 is 20.8 Å². The SMILES string of the molecule is C=CC(=O)N1CC[C@H](C(=O)N(C)[C@H](C(=O)N[C@@]2(C3CC3)Cc3cc(OC(=O)NCC(=O)O)cc(c3)-c3ccc4c(c3)c(c(-c3ccccc3CCOC)n4CC)CC(C)(C)COC(=O)[C@@H]3CCCN(N3)C2=O)C(C)C)C1. The predicted molar refractivity (Wildman–Crippen MR) is 286 cm³/mol. The Morgan fingerprint density at radius 3 is 2.45 bits per heavy atom. The maximum absolute atomic E-state index is 15.8. The monoisotopic (exact) mass is 1040 g/mol. The van der Waals surface area contributed by atoms with Crippen LogP contribution in [0.25, 0.3) is 33.3 Å². The van der Waals surface area contributed by atoms with E-state index in [1.54, 1.807) is 31.2 Å². The fourth-order valence-corrected chi connectivity index (χ4v) is 11.5. The van der Waals surface area contributed by atoms with Gasteiger partial charge in [-0.2, -0.15) is 0 Å². The molecule has 1 aliphatic carbocycles. The molecule has 0 unspecified atom stereocenters. The van der Waals surface area contributed by atoms with Crippen molar-refractivity contribution in [3.05, 3.63) is 90.0 Å². The van der Waals surface area contributed by atoms with Crippen LogP contribution in [0.5, 0.6) is 5.75 Å². The van der Waals surface area contributed by atoms with Crippen LogP contribution in [0.15, 0.2) is 73.3 Å². The molecule has 4 heterocycles. The molecule has 18 nitrogen and oxygen atoms in total. The first-order valence-corrected chi connectivity index (χ1v) is 26.6. The second-order valence-corrected chi connectivity index (χ2v) is 22.0. The van der Waals surface area contributed by atoms with Gasteiger partial charge in [0.25, 0.3) is 5.91 Å². The number of ether oxygens (including phenoxy) is 3. The number of carboxylic acid groups (broad SMARTS) is 1. The Hall–Kier alpha value is -7.05. The molecule has 0 spiro atoms. The number of aliphatic carboxylic acids is 1. The standard InChI is InChI=1S/C58H73N7O11/c1-9-48(66)63-24-21-39(33-63)53(70)62(7)50(35(3)4)52(69)60-58(41-18-19-41)30-36-26-40(28-42(27-36)76-56(73)59-32-49(67)68)38-17-20-47-44(29-38)45(51(64(47)10-2)43-15-12-11-14-37(43)22-25-74-8)31-57(5,6)34-75-54(71)46-16-13-23-65(61-46)55(58)72/h9,11-12,14-15,17,20,26-29,35,39,41,46,50,61H,1,10,13,16,18-19,21-25,30-34H2,2-8H3,(H,59,73)(H,60,69)(H,67,68)/t39-,46-,50-,58+/m0/s1. The Labute approximate surface area is 444 Å². The summed E-state index contributed by atoms with van der Waals surface area (Å²) in [5.74, 6) is -4.68. The van der Waals surface area contributed by atoms with Crippen LogP contribution in [-0.4, -0.2) is 137 Å². The lowest BCUT2D eigenvalue weighted by Crippen LogP contribution is -2.69. The average molecular weight is 1040 g/mol. The minimum absolute atomic E-state index is 0.0680. The van der Waals surface area contributed by atoms with Gasteiger partial charge in [-0.1, -0.05) is 70.7 Å². The Balaban J connectivity index is 1.30. The highest BCUT2D eigenvalue weighted by molar-refractivity contribution is 5.98. The van der Waals surface area contributed by atoms with Crippen molar-refractivity contribution in [2.75, 3.05) is 53.6 Å². The fraction of sp³-hybridized carbons (Fsp3) is 0.500. The molecule has 1 aromatic heterocycles. The number of fused-ring (bicyclic) bond motifs is 6.